The monoisotopic (exact) mass is 261 g/mol. The van der Waals surface area contributed by atoms with Crippen molar-refractivity contribution in [3.8, 4) is 0 Å². The fraction of sp³-hybridized carbons (Fsp3) is 0.562. The quantitative estimate of drug-likeness (QED) is 0.863. The molecule has 0 aromatic heterocycles. The lowest BCUT2D eigenvalue weighted by atomic mass is 9.80. The van der Waals surface area contributed by atoms with Crippen molar-refractivity contribution in [2.45, 2.75) is 39.5 Å². The van der Waals surface area contributed by atoms with Gasteiger partial charge in [-0.15, -0.1) is 0 Å². The Balaban J connectivity index is 2.08. The van der Waals surface area contributed by atoms with Crippen LogP contribution in [0.4, 0.5) is 5.69 Å². The average Bonchev–Trinajstić information content (AvgIpc) is 2.38. The van der Waals surface area contributed by atoms with Gasteiger partial charge < -0.3 is 10.4 Å². The van der Waals surface area contributed by atoms with Crippen molar-refractivity contribution in [3.63, 3.8) is 0 Å². The van der Waals surface area contributed by atoms with Gasteiger partial charge in [-0.25, -0.2) is 4.79 Å². The summed E-state index contributed by atoms with van der Waals surface area (Å²) in [5.74, 6) is 0.538. The van der Waals surface area contributed by atoms with E-state index < -0.39 is 5.97 Å². The van der Waals surface area contributed by atoms with Crippen molar-refractivity contribution in [3.05, 3.63) is 29.3 Å². The van der Waals surface area contributed by atoms with E-state index in [4.69, 9.17) is 0 Å². The summed E-state index contributed by atoms with van der Waals surface area (Å²) in [6.45, 7) is 5.15. The topological polar surface area (TPSA) is 49.3 Å². The summed E-state index contributed by atoms with van der Waals surface area (Å²) in [5, 5.41) is 12.6. The second-order valence-corrected chi connectivity index (χ2v) is 5.71. The molecule has 19 heavy (non-hydrogen) atoms. The molecule has 0 amide bonds. The SMILES string of the molecule is Cc1cccc(C(=O)O)c1NCC1CCCCC1C. The number of hydrogen-bond donors (Lipinski definition) is 2. The van der Waals surface area contributed by atoms with Crippen molar-refractivity contribution in [2.75, 3.05) is 11.9 Å². The molecule has 2 N–H and O–H groups in total. The van der Waals surface area contributed by atoms with Crippen LogP contribution in [-0.4, -0.2) is 17.6 Å². The van der Waals surface area contributed by atoms with Crippen LogP contribution in [-0.2, 0) is 0 Å². The Morgan fingerprint density at radius 3 is 2.79 bits per heavy atom. The van der Waals surface area contributed by atoms with Crippen LogP contribution in [0.2, 0.25) is 0 Å². The van der Waals surface area contributed by atoms with Gasteiger partial charge in [-0.3, -0.25) is 0 Å². The second kappa shape index (κ2) is 6.09. The van der Waals surface area contributed by atoms with Gasteiger partial charge in [-0.1, -0.05) is 38.3 Å². The maximum Gasteiger partial charge on any atom is 0.337 e. The van der Waals surface area contributed by atoms with Gasteiger partial charge in [0.25, 0.3) is 0 Å². The van der Waals surface area contributed by atoms with Crippen molar-refractivity contribution in [2.24, 2.45) is 11.8 Å². The summed E-state index contributed by atoms with van der Waals surface area (Å²) in [5.41, 5.74) is 2.17. The molecule has 1 aliphatic carbocycles. The van der Waals surface area contributed by atoms with Crippen molar-refractivity contribution in [1.82, 2.24) is 0 Å². The Hall–Kier alpha value is -1.51. The molecule has 1 saturated carbocycles. The van der Waals surface area contributed by atoms with Crippen LogP contribution >= 0.6 is 0 Å². The molecule has 0 heterocycles. The highest BCUT2D eigenvalue weighted by molar-refractivity contribution is 5.95. The Morgan fingerprint density at radius 2 is 2.11 bits per heavy atom. The number of carbonyl (C=O) groups is 1. The van der Waals surface area contributed by atoms with Crippen LogP contribution in [0.5, 0.6) is 0 Å². The first kappa shape index (κ1) is 13.9. The third-order valence-corrected chi connectivity index (χ3v) is 4.33. The van der Waals surface area contributed by atoms with Crippen LogP contribution in [0.3, 0.4) is 0 Å². The summed E-state index contributed by atoms with van der Waals surface area (Å²) >= 11 is 0. The molecular formula is C16H23NO2. The number of para-hydroxylation sites is 1. The number of anilines is 1. The first-order valence-corrected chi connectivity index (χ1v) is 7.16. The zero-order chi connectivity index (χ0) is 13.8. The van der Waals surface area contributed by atoms with Gasteiger partial charge >= 0.3 is 5.97 Å². The van der Waals surface area contributed by atoms with E-state index in [2.05, 4.69) is 12.2 Å². The van der Waals surface area contributed by atoms with E-state index in [9.17, 15) is 9.90 Å². The molecule has 3 heteroatoms. The number of rotatable bonds is 4. The first-order valence-electron chi connectivity index (χ1n) is 7.16. The van der Waals surface area contributed by atoms with Gasteiger partial charge in [0.05, 0.1) is 11.3 Å². The fourth-order valence-corrected chi connectivity index (χ4v) is 3.01. The summed E-state index contributed by atoms with van der Waals surface area (Å²) < 4.78 is 0. The van der Waals surface area contributed by atoms with Crippen LogP contribution in [0.25, 0.3) is 0 Å². The Kier molecular flexibility index (Phi) is 4.46. The normalized spacial score (nSPS) is 23.1. The Labute approximate surface area is 115 Å². The molecule has 2 atom stereocenters. The largest absolute Gasteiger partial charge is 0.478 e. The zero-order valence-corrected chi connectivity index (χ0v) is 11.8. The second-order valence-electron chi connectivity index (χ2n) is 5.71. The number of nitrogens with one attached hydrogen (secondary N) is 1. The van der Waals surface area contributed by atoms with Gasteiger partial charge in [-0.05, 0) is 36.8 Å². The minimum absolute atomic E-state index is 0.378. The molecule has 1 aliphatic rings. The van der Waals surface area contributed by atoms with E-state index in [-0.39, 0.29) is 0 Å². The van der Waals surface area contributed by atoms with Gasteiger partial charge in [-0.2, -0.15) is 0 Å². The van der Waals surface area contributed by atoms with Crippen LogP contribution in [0, 0.1) is 18.8 Å². The van der Waals surface area contributed by atoms with Crippen molar-refractivity contribution < 1.29 is 9.90 Å². The highest BCUT2D eigenvalue weighted by Crippen LogP contribution is 2.30. The number of carboxylic acids is 1. The van der Waals surface area contributed by atoms with Gasteiger partial charge in [0.2, 0.25) is 0 Å². The van der Waals surface area contributed by atoms with Crippen LogP contribution < -0.4 is 5.32 Å². The highest BCUT2D eigenvalue weighted by atomic mass is 16.4. The van der Waals surface area contributed by atoms with Crippen molar-refractivity contribution >= 4 is 11.7 Å². The molecule has 1 aromatic carbocycles. The third-order valence-electron chi connectivity index (χ3n) is 4.33. The lowest BCUT2D eigenvalue weighted by Crippen LogP contribution is -2.25. The van der Waals surface area contributed by atoms with E-state index >= 15 is 0 Å². The number of aromatic carboxylic acids is 1. The number of hydrogen-bond acceptors (Lipinski definition) is 2. The maximum atomic E-state index is 11.2. The Morgan fingerprint density at radius 1 is 1.37 bits per heavy atom. The summed E-state index contributed by atoms with van der Waals surface area (Å²) in [4.78, 5) is 11.2. The van der Waals surface area contributed by atoms with E-state index in [1.807, 2.05) is 13.0 Å². The molecule has 1 aromatic rings. The van der Waals surface area contributed by atoms with E-state index in [1.165, 1.54) is 25.7 Å². The summed E-state index contributed by atoms with van der Waals surface area (Å²) in [6, 6.07) is 5.42. The minimum atomic E-state index is -0.858. The molecule has 0 spiro atoms. The maximum absolute atomic E-state index is 11.2. The molecule has 3 nitrogen and oxygen atoms in total. The lowest BCUT2D eigenvalue weighted by Gasteiger charge is -2.29. The number of carboxylic acid groups (broad SMARTS) is 1. The fourth-order valence-electron chi connectivity index (χ4n) is 3.01. The van der Waals surface area contributed by atoms with Crippen LogP contribution in [0.15, 0.2) is 18.2 Å². The standard InChI is InChI=1S/C16H23NO2/c1-11-6-3-4-8-13(11)10-17-15-12(2)7-5-9-14(15)16(18)19/h5,7,9,11,13,17H,3-4,6,8,10H2,1-2H3,(H,18,19). The van der Waals surface area contributed by atoms with E-state index in [0.29, 0.717) is 11.5 Å². The van der Waals surface area contributed by atoms with Crippen molar-refractivity contribution in [1.29, 1.82) is 0 Å². The zero-order valence-electron chi connectivity index (χ0n) is 11.8. The Bertz CT molecular complexity index is 456. The predicted octanol–water partition coefficient (Wildman–Crippen LogP) is 3.93. The highest BCUT2D eigenvalue weighted by Gasteiger charge is 2.22. The molecule has 0 bridgehead atoms. The van der Waals surface area contributed by atoms with Gasteiger partial charge in [0.15, 0.2) is 0 Å². The molecule has 1 fully saturated rings. The number of aryl methyl sites for hydroxylation is 1. The van der Waals surface area contributed by atoms with E-state index in [1.54, 1.807) is 12.1 Å². The number of benzene rings is 1. The smallest absolute Gasteiger partial charge is 0.337 e. The molecular weight excluding hydrogens is 238 g/mol. The van der Waals surface area contributed by atoms with Gasteiger partial charge in [0.1, 0.15) is 0 Å². The summed E-state index contributed by atoms with van der Waals surface area (Å²) in [6.07, 6.45) is 5.19. The van der Waals surface area contributed by atoms with E-state index in [0.717, 1.165) is 23.7 Å². The summed E-state index contributed by atoms with van der Waals surface area (Å²) in [7, 11) is 0. The first-order chi connectivity index (χ1) is 9.09. The van der Waals surface area contributed by atoms with Gasteiger partial charge in [0, 0.05) is 6.54 Å². The lowest BCUT2D eigenvalue weighted by molar-refractivity contribution is 0.0698. The average molecular weight is 261 g/mol. The molecule has 2 unspecified atom stereocenters. The minimum Gasteiger partial charge on any atom is -0.478 e. The predicted molar refractivity (Wildman–Crippen MR) is 77.8 cm³/mol. The third kappa shape index (κ3) is 3.28. The molecule has 0 saturated heterocycles. The molecule has 0 radical (unpaired) electrons. The molecule has 104 valence electrons. The van der Waals surface area contributed by atoms with Crippen LogP contribution in [0.1, 0.15) is 48.5 Å². The molecule has 2 rings (SSSR count). The molecule has 0 aliphatic heterocycles.